The SMILES string of the molecule is COc1ccc(CNCC2CCC(CC(=O)O)CC2)cc1. The molecule has 21 heavy (non-hydrogen) atoms. The number of hydrogen-bond donors (Lipinski definition) is 2. The molecule has 0 atom stereocenters. The summed E-state index contributed by atoms with van der Waals surface area (Å²) < 4.78 is 5.14. The standard InChI is InChI=1S/C17H25NO3/c1-21-16-8-6-15(7-9-16)12-18-11-14-4-2-13(3-5-14)10-17(19)20/h6-9,13-14,18H,2-5,10-12H2,1H3,(H,19,20). The first kappa shape index (κ1) is 15.8. The van der Waals surface area contributed by atoms with Gasteiger partial charge in [-0.15, -0.1) is 0 Å². The van der Waals surface area contributed by atoms with Gasteiger partial charge in [0.25, 0.3) is 0 Å². The van der Waals surface area contributed by atoms with Crippen molar-refractivity contribution in [1.82, 2.24) is 5.32 Å². The summed E-state index contributed by atoms with van der Waals surface area (Å²) in [5.41, 5.74) is 1.26. The number of methoxy groups -OCH3 is 1. The molecule has 1 fully saturated rings. The number of ether oxygens (including phenoxy) is 1. The molecule has 0 radical (unpaired) electrons. The van der Waals surface area contributed by atoms with Crippen LogP contribution in [0, 0.1) is 11.8 Å². The van der Waals surface area contributed by atoms with Crippen molar-refractivity contribution in [3.8, 4) is 5.75 Å². The van der Waals surface area contributed by atoms with E-state index >= 15 is 0 Å². The van der Waals surface area contributed by atoms with Gasteiger partial charge in [-0.25, -0.2) is 0 Å². The van der Waals surface area contributed by atoms with Crippen LogP contribution in [0.1, 0.15) is 37.7 Å². The second-order valence-corrected chi connectivity index (χ2v) is 5.96. The van der Waals surface area contributed by atoms with Gasteiger partial charge in [0, 0.05) is 13.0 Å². The lowest BCUT2D eigenvalue weighted by molar-refractivity contribution is -0.138. The quantitative estimate of drug-likeness (QED) is 0.810. The average Bonchev–Trinajstić information content (AvgIpc) is 2.49. The van der Waals surface area contributed by atoms with Crippen LogP contribution in [-0.4, -0.2) is 24.7 Å². The van der Waals surface area contributed by atoms with Crippen molar-refractivity contribution in [2.75, 3.05) is 13.7 Å². The fourth-order valence-electron chi connectivity index (χ4n) is 3.05. The first-order valence-corrected chi connectivity index (χ1v) is 7.73. The molecule has 0 amide bonds. The summed E-state index contributed by atoms with van der Waals surface area (Å²) in [4.78, 5) is 10.7. The highest BCUT2D eigenvalue weighted by molar-refractivity contribution is 5.67. The number of benzene rings is 1. The molecule has 2 N–H and O–H groups in total. The fourth-order valence-corrected chi connectivity index (χ4v) is 3.05. The minimum Gasteiger partial charge on any atom is -0.497 e. The monoisotopic (exact) mass is 291 g/mol. The highest BCUT2D eigenvalue weighted by Crippen LogP contribution is 2.30. The largest absolute Gasteiger partial charge is 0.497 e. The van der Waals surface area contributed by atoms with Crippen molar-refractivity contribution in [2.24, 2.45) is 11.8 Å². The van der Waals surface area contributed by atoms with Crippen molar-refractivity contribution in [1.29, 1.82) is 0 Å². The molecule has 1 saturated carbocycles. The van der Waals surface area contributed by atoms with Gasteiger partial charge in [-0.2, -0.15) is 0 Å². The summed E-state index contributed by atoms with van der Waals surface area (Å²) in [6.45, 7) is 1.89. The van der Waals surface area contributed by atoms with Gasteiger partial charge in [0.1, 0.15) is 5.75 Å². The fraction of sp³-hybridized carbons (Fsp3) is 0.588. The molecular weight excluding hydrogens is 266 g/mol. The molecule has 1 aromatic rings. The molecule has 1 aliphatic carbocycles. The summed E-state index contributed by atoms with van der Waals surface area (Å²) in [6, 6.07) is 8.12. The number of aliphatic carboxylic acids is 1. The van der Waals surface area contributed by atoms with Gasteiger partial charge in [-0.1, -0.05) is 12.1 Å². The van der Waals surface area contributed by atoms with Crippen molar-refractivity contribution >= 4 is 5.97 Å². The van der Waals surface area contributed by atoms with E-state index in [1.807, 2.05) is 12.1 Å². The Balaban J connectivity index is 1.64. The third-order valence-electron chi connectivity index (χ3n) is 4.35. The van der Waals surface area contributed by atoms with E-state index in [4.69, 9.17) is 9.84 Å². The second kappa shape index (κ2) is 8.03. The van der Waals surface area contributed by atoms with Crippen molar-refractivity contribution in [2.45, 2.75) is 38.6 Å². The number of nitrogens with one attached hydrogen (secondary N) is 1. The first-order valence-electron chi connectivity index (χ1n) is 7.73. The Morgan fingerprint density at radius 3 is 2.38 bits per heavy atom. The topological polar surface area (TPSA) is 58.6 Å². The minimum absolute atomic E-state index is 0.339. The summed E-state index contributed by atoms with van der Waals surface area (Å²) in [5, 5.41) is 12.3. The Bertz CT molecular complexity index is 436. The third-order valence-corrected chi connectivity index (χ3v) is 4.35. The molecule has 0 spiro atoms. The van der Waals surface area contributed by atoms with Crippen LogP contribution < -0.4 is 10.1 Å². The van der Waals surface area contributed by atoms with E-state index in [-0.39, 0.29) is 0 Å². The summed E-state index contributed by atoms with van der Waals surface area (Å²) >= 11 is 0. The zero-order valence-electron chi connectivity index (χ0n) is 12.7. The van der Waals surface area contributed by atoms with Gasteiger partial charge in [0.15, 0.2) is 0 Å². The molecule has 116 valence electrons. The van der Waals surface area contributed by atoms with Gasteiger partial charge >= 0.3 is 5.97 Å². The van der Waals surface area contributed by atoms with Crippen LogP contribution >= 0.6 is 0 Å². The van der Waals surface area contributed by atoms with Gasteiger partial charge in [0.05, 0.1) is 7.11 Å². The van der Waals surface area contributed by atoms with Crippen LogP contribution in [0.2, 0.25) is 0 Å². The maximum atomic E-state index is 10.7. The normalized spacial score (nSPS) is 22.0. The van der Waals surface area contributed by atoms with Crippen LogP contribution in [0.4, 0.5) is 0 Å². The third kappa shape index (κ3) is 5.38. The second-order valence-electron chi connectivity index (χ2n) is 5.96. The van der Waals surface area contributed by atoms with E-state index < -0.39 is 5.97 Å². The minimum atomic E-state index is -0.656. The van der Waals surface area contributed by atoms with E-state index in [9.17, 15) is 4.79 Å². The molecule has 2 rings (SSSR count). The Labute approximate surface area is 126 Å². The van der Waals surface area contributed by atoms with Gasteiger partial charge in [0.2, 0.25) is 0 Å². The Morgan fingerprint density at radius 1 is 1.19 bits per heavy atom. The molecule has 4 heteroatoms. The molecule has 0 aromatic heterocycles. The van der Waals surface area contributed by atoms with Crippen molar-refractivity contribution < 1.29 is 14.6 Å². The molecule has 0 heterocycles. The number of hydrogen-bond acceptors (Lipinski definition) is 3. The van der Waals surface area contributed by atoms with E-state index in [1.54, 1.807) is 7.11 Å². The molecule has 0 saturated heterocycles. The number of carboxylic acids is 1. The molecule has 4 nitrogen and oxygen atoms in total. The maximum Gasteiger partial charge on any atom is 0.303 e. The van der Waals surface area contributed by atoms with Crippen LogP contribution in [0.3, 0.4) is 0 Å². The van der Waals surface area contributed by atoms with Crippen LogP contribution in [-0.2, 0) is 11.3 Å². The number of carboxylic acid groups (broad SMARTS) is 1. The number of carbonyl (C=O) groups is 1. The van der Waals surface area contributed by atoms with Crippen molar-refractivity contribution in [3.05, 3.63) is 29.8 Å². The van der Waals surface area contributed by atoms with E-state index in [0.717, 1.165) is 44.5 Å². The smallest absolute Gasteiger partial charge is 0.303 e. The summed E-state index contributed by atoms with van der Waals surface area (Å²) in [5.74, 6) is 1.31. The summed E-state index contributed by atoms with van der Waals surface area (Å²) in [7, 11) is 1.67. The summed E-state index contributed by atoms with van der Waals surface area (Å²) in [6.07, 6.45) is 4.75. The molecule has 1 aliphatic rings. The van der Waals surface area contributed by atoms with E-state index in [2.05, 4.69) is 17.4 Å². The molecular formula is C17H25NO3. The van der Waals surface area contributed by atoms with Crippen LogP contribution in [0.15, 0.2) is 24.3 Å². The Hall–Kier alpha value is -1.55. The lowest BCUT2D eigenvalue weighted by Crippen LogP contribution is -2.26. The highest BCUT2D eigenvalue weighted by atomic mass is 16.5. The lowest BCUT2D eigenvalue weighted by Gasteiger charge is -2.27. The predicted molar refractivity (Wildman–Crippen MR) is 82.4 cm³/mol. The lowest BCUT2D eigenvalue weighted by atomic mass is 9.80. The molecule has 0 aliphatic heterocycles. The van der Waals surface area contributed by atoms with Crippen LogP contribution in [0.25, 0.3) is 0 Å². The average molecular weight is 291 g/mol. The Morgan fingerprint density at radius 2 is 1.81 bits per heavy atom. The first-order chi connectivity index (χ1) is 10.2. The molecule has 0 unspecified atom stereocenters. The van der Waals surface area contributed by atoms with E-state index in [1.165, 1.54) is 5.56 Å². The van der Waals surface area contributed by atoms with Crippen molar-refractivity contribution in [3.63, 3.8) is 0 Å². The zero-order chi connectivity index (χ0) is 15.1. The maximum absolute atomic E-state index is 10.7. The highest BCUT2D eigenvalue weighted by Gasteiger charge is 2.22. The predicted octanol–water partition coefficient (Wildman–Crippen LogP) is 3.07. The van der Waals surface area contributed by atoms with Gasteiger partial charge in [-0.3, -0.25) is 4.79 Å². The number of rotatable bonds is 7. The van der Waals surface area contributed by atoms with Gasteiger partial charge < -0.3 is 15.2 Å². The van der Waals surface area contributed by atoms with Crippen LogP contribution in [0.5, 0.6) is 5.75 Å². The Kier molecular flexibility index (Phi) is 6.05. The molecule has 0 bridgehead atoms. The zero-order valence-corrected chi connectivity index (χ0v) is 12.7. The van der Waals surface area contributed by atoms with E-state index in [0.29, 0.717) is 18.3 Å². The molecule has 1 aromatic carbocycles. The van der Waals surface area contributed by atoms with Gasteiger partial charge in [-0.05, 0) is 61.8 Å².